The van der Waals surface area contributed by atoms with Crippen LogP contribution in [0.25, 0.3) is 0 Å². The zero-order chi connectivity index (χ0) is 14.7. The van der Waals surface area contributed by atoms with Gasteiger partial charge in [-0.3, -0.25) is 9.69 Å². The number of carbonyl (C=O) groups excluding carboxylic acids is 1. The van der Waals surface area contributed by atoms with Crippen LogP contribution in [-0.2, 0) is 4.79 Å². The van der Waals surface area contributed by atoms with E-state index in [2.05, 4.69) is 10.2 Å². The van der Waals surface area contributed by atoms with E-state index in [0.717, 1.165) is 24.6 Å². The Hall–Kier alpha value is -1.60. The maximum Gasteiger partial charge on any atom is 0.238 e. The van der Waals surface area contributed by atoms with E-state index in [1.54, 1.807) is 19.2 Å². The third-order valence-electron chi connectivity index (χ3n) is 3.44. The van der Waals surface area contributed by atoms with Crippen molar-refractivity contribution in [3.05, 3.63) is 12.1 Å². The number of anilines is 1. The second kappa shape index (κ2) is 6.44. The number of methoxy groups -OCH3 is 1. The van der Waals surface area contributed by atoms with Crippen LogP contribution in [0.15, 0.2) is 12.1 Å². The summed E-state index contributed by atoms with van der Waals surface area (Å²) in [6.45, 7) is 2.51. The lowest BCUT2D eigenvalue weighted by atomic mass is 10.2. The van der Waals surface area contributed by atoms with Gasteiger partial charge in [-0.2, -0.15) is 11.8 Å². The van der Waals surface area contributed by atoms with Gasteiger partial charge in [-0.05, 0) is 0 Å². The summed E-state index contributed by atoms with van der Waals surface area (Å²) in [5.41, 5.74) is 0.609. The molecule has 21 heavy (non-hydrogen) atoms. The molecule has 114 valence electrons. The Labute approximate surface area is 127 Å². The second-order valence-electron chi connectivity index (χ2n) is 4.84. The highest BCUT2D eigenvalue weighted by Crippen LogP contribution is 2.40. The third-order valence-corrected chi connectivity index (χ3v) is 4.38. The highest BCUT2D eigenvalue weighted by Gasteiger charge is 2.20. The molecule has 0 saturated carbocycles. The molecule has 0 aromatic heterocycles. The van der Waals surface area contributed by atoms with E-state index in [-0.39, 0.29) is 12.7 Å². The summed E-state index contributed by atoms with van der Waals surface area (Å²) >= 11 is 1.93. The molecule has 1 fully saturated rings. The monoisotopic (exact) mass is 310 g/mol. The van der Waals surface area contributed by atoms with Gasteiger partial charge in [-0.15, -0.1) is 0 Å². The van der Waals surface area contributed by atoms with Crippen LogP contribution < -0.4 is 19.5 Å². The Balaban J connectivity index is 1.67. The van der Waals surface area contributed by atoms with Gasteiger partial charge in [0.1, 0.15) is 5.75 Å². The first-order valence-electron chi connectivity index (χ1n) is 6.84. The molecule has 2 aliphatic rings. The molecule has 1 aromatic carbocycles. The SMILES string of the molecule is COc1cc2c(cc1NC(=O)CN1CCSCC1)OCO2. The molecular weight excluding hydrogens is 292 g/mol. The maximum atomic E-state index is 12.2. The molecule has 2 heterocycles. The molecule has 1 amide bonds. The van der Waals surface area contributed by atoms with Crippen molar-refractivity contribution >= 4 is 23.4 Å². The Bertz CT molecular complexity index is 532. The predicted octanol–water partition coefficient (Wildman–Crippen LogP) is 1.41. The van der Waals surface area contributed by atoms with E-state index in [4.69, 9.17) is 14.2 Å². The lowest BCUT2D eigenvalue weighted by molar-refractivity contribution is -0.117. The maximum absolute atomic E-state index is 12.2. The molecule has 2 aliphatic heterocycles. The van der Waals surface area contributed by atoms with Gasteiger partial charge < -0.3 is 19.5 Å². The van der Waals surface area contributed by atoms with Gasteiger partial charge in [0.05, 0.1) is 19.3 Å². The quantitative estimate of drug-likeness (QED) is 0.907. The number of carbonyl (C=O) groups is 1. The Kier molecular flexibility index (Phi) is 4.40. The van der Waals surface area contributed by atoms with Crippen LogP contribution in [0.5, 0.6) is 17.2 Å². The summed E-state index contributed by atoms with van der Waals surface area (Å²) in [6, 6.07) is 3.47. The van der Waals surface area contributed by atoms with Crippen LogP contribution in [0.4, 0.5) is 5.69 Å². The largest absolute Gasteiger partial charge is 0.494 e. The number of benzene rings is 1. The Morgan fingerprint density at radius 2 is 2.05 bits per heavy atom. The van der Waals surface area contributed by atoms with Crippen LogP contribution in [0.2, 0.25) is 0 Å². The van der Waals surface area contributed by atoms with Crippen molar-refractivity contribution in [3.63, 3.8) is 0 Å². The van der Waals surface area contributed by atoms with E-state index in [1.165, 1.54) is 0 Å². The molecule has 1 saturated heterocycles. The lowest BCUT2D eigenvalue weighted by Gasteiger charge is -2.25. The van der Waals surface area contributed by atoms with Gasteiger partial charge in [-0.25, -0.2) is 0 Å². The number of nitrogens with zero attached hydrogens (tertiary/aromatic N) is 1. The van der Waals surface area contributed by atoms with Crippen LogP contribution in [-0.4, -0.2) is 55.8 Å². The smallest absolute Gasteiger partial charge is 0.238 e. The first-order chi connectivity index (χ1) is 10.3. The summed E-state index contributed by atoms with van der Waals surface area (Å²) in [5.74, 6) is 3.96. The summed E-state index contributed by atoms with van der Waals surface area (Å²) < 4.78 is 15.9. The fourth-order valence-electron chi connectivity index (χ4n) is 2.34. The van der Waals surface area contributed by atoms with Crippen molar-refractivity contribution in [2.75, 3.05) is 50.4 Å². The average molecular weight is 310 g/mol. The molecule has 1 N–H and O–H groups in total. The number of ether oxygens (including phenoxy) is 3. The molecule has 0 unspecified atom stereocenters. The van der Waals surface area contributed by atoms with E-state index in [9.17, 15) is 4.79 Å². The minimum absolute atomic E-state index is 0.0425. The number of hydrogen-bond acceptors (Lipinski definition) is 6. The molecule has 0 atom stereocenters. The normalized spacial score (nSPS) is 17.6. The molecule has 0 bridgehead atoms. The lowest BCUT2D eigenvalue weighted by Crippen LogP contribution is -2.38. The van der Waals surface area contributed by atoms with E-state index < -0.39 is 0 Å². The van der Waals surface area contributed by atoms with Crippen LogP contribution in [0.3, 0.4) is 0 Å². The Morgan fingerprint density at radius 3 is 2.76 bits per heavy atom. The number of rotatable bonds is 4. The highest BCUT2D eigenvalue weighted by molar-refractivity contribution is 7.99. The van der Waals surface area contributed by atoms with Gasteiger partial charge in [0.25, 0.3) is 0 Å². The molecule has 0 spiro atoms. The van der Waals surface area contributed by atoms with E-state index in [1.807, 2.05) is 11.8 Å². The van der Waals surface area contributed by atoms with Crippen LogP contribution in [0.1, 0.15) is 0 Å². The average Bonchev–Trinajstić information content (AvgIpc) is 2.94. The number of thioether (sulfide) groups is 1. The van der Waals surface area contributed by atoms with Gasteiger partial charge in [-0.1, -0.05) is 0 Å². The van der Waals surface area contributed by atoms with Gasteiger partial charge in [0.2, 0.25) is 12.7 Å². The molecular formula is C14H18N2O4S. The first-order valence-corrected chi connectivity index (χ1v) is 7.99. The van der Waals surface area contributed by atoms with Gasteiger partial charge in [0.15, 0.2) is 11.5 Å². The van der Waals surface area contributed by atoms with Gasteiger partial charge >= 0.3 is 0 Å². The minimum Gasteiger partial charge on any atom is -0.494 e. The molecule has 1 aromatic rings. The predicted molar refractivity (Wildman–Crippen MR) is 81.5 cm³/mol. The highest BCUT2D eigenvalue weighted by atomic mass is 32.2. The van der Waals surface area contributed by atoms with Crippen molar-refractivity contribution in [2.24, 2.45) is 0 Å². The zero-order valence-corrected chi connectivity index (χ0v) is 12.7. The first kappa shape index (κ1) is 14.3. The number of fused-ring (bicyclic) bond motifs is 1. The molecule has 0 radical (unpaired) electrons. The second-order valence-corrected chi connectivity index (χ2v) is 6.07. The van der Waals surface area contributed by atoms with Crippen molar-refractivity contribution in [2.45, 2.75) is 0 Å². The minimum atomic E-state index is -0.0425. The van der Waals surface area contributed by atoms with Crippen molar-refractivity contribution in [1.82, 2.24) is 4.90 Å². The number of nitrogens with one attached hydrogen (secondary N) is 1. The number of amides is 1. The third kappa shape index (κ3) is 3.36. The van der Waals surface area contributed by atoms with E-state index >= 15 is 0 Å². The summed E-state index contributed by atoms with van der Waals surface area (Å²) in [6.07, 6.45) is 0. The topological polar surface area (TPSA) is 60.0 Å². The molecule has 0 aliphatic carbocycles. The van der Waals surface area contributed by atoms with Crippen molar-refractivity contribution in [3.8, 4) is 17.2 Å². The van der Waals surface area contributed by atoms with Gasteiger partial charge in [0, 0.05) is 36.7 Å². The summed E-state index contributed by atoms with van der Waals surface area (Å²) in [4.78, 5) is 14.3. The van der Waals surface area contributed by atoms with Crippen molar-refractivity contribution in [1.29, 1.82) is 0 Å². The van der Waals surface area contributed by atoms with Crippen molar-refractivity contribution < 1.29 is 19.0 Å². The number of hydrogen-bond donors (Lipinski definition) is 1. The fraction of sp³-hybridized carbons (Fsp3) is 0.500. The summed E-state index contributed by atoms with van der Waals surface area (Å²) in [7, 11) is 1.56. The van der Waals surface area contributed by atoms with E-state index in [0.29, 0.717) is 29.5 Å². The Morgan fingerprint density at radius 1 is 1.33 bits per heavy atom. The standard InChI is InChI=1S/C14H18N2O4S/c1-18-11-7-13-12(19-9-20-13)6-10(11)15-14(17)8-16-2-4-21-5-3-16/h6-7H,2-5,8-9H2,1H3,(H,15,17). The summed E-state index contributed by atoms with van der Waals surface area (Å²) in [5, 5.41) is 2.89. The van der Waals surface area contributed by atoms with Crippen LogP contribution in [0, 0.1) is 0 Å². The fourth-order valence-corrected chi connectivity index (χ4v) is 3.32. The van der Waals surface area contributed by atoms with Crippen LogP contribution >= 0.6 is 11.8 Å². The zero-order valence-electron chi connectivity index (χ0n) is 11.9. The molecule has 6 nitrogen and oxygen atoms in total. The molecule has 3 rings (SSSR count). The molecule has 7 heteroatoms.